The number of benzene rings is 1. The lowest BCUT2D eigenvalue weighted by Gasteiger charge is -1.93. The van der Waals surface area contributed by atoms with E-state index in [1.54, 1.807) is 24.3 Å². The van der Waals surface area contributed by atoms with Crippen molar-refractivity contribution in [1.29, 1.82) is 5.26 Å². The molecule has 0 unspecified atom stereocenters. The highest BCUT2D eigenvalue weighted by molar-refractivity contribution is 5.74. The molecule has 0 aliphatic carbocycles. The summed E-state index contributed by atoms with van der Waals surface area (Å²) in [4.78, 5) is 10.1. The Kier molecular flexibility index (Phi) is 13.3. The Hall–Kier alpha value is -2.80. The van der Waals surface area contributed by atoms with Gasteiger partial charge in [-0.15, -0.1) is 0 Å². The van der Waals surface area contributed by atoms with Crippen LogP contribution in [0, 0.1) is 11.3 Å². The van der Waals surface area contributed by atoms with Gasteiger partial charge in [0.1, 0.15) is 17.8 Å². The molecule has 4 heteroatoms. The largest absolute Gasteiger partial charge is 0.509 e. The number of hydrogen-bond acceptors (Lipinski definition) is 4. The molecular formula is C17H21NO3. The highest BCUT2D eigenvalue weighted by Crippen LogP contribution is 1.99. The van der Waals surface area contributed by atoms with E-state index >= 15 is 0 Å². The van der Waals surface area contributed by atoms with E-state index in [2.05, 4.69) is 17.9 Å². The maximum Gasteiger partial charge on any atom is 0.150 e. The summed E-state index contributed by atoms with van der Waals surface area (Å²) in [6, 6.07) is 8.43. The van der Waals surface area contributed by atoms with Gasteiger partial charge in [0.25, 0.3) is 0 Å². The summed E-state index contributed by atoms with van der Waals surface area (Å²) in [6.07, 6.45) is 3.69. The summed E-state index contributed by atoms with van der Waals surface area (Å²) >= 11 is 0. The molecule has 0 aliphatic rings. The van der Waals surface area contributed by atoms with Crippen LogP contribution in [0.4, 0.5) is 0 Å². The van der Waals surface area contributed by atoms with E-state index in [1.807, 2.05) is 19.9 Å². The molecule has 1 aromatic rings. The van der Waals surface area contributed by atoms with Crippen molar-refractivity contribution in [2.75, 3.05) is 7.11 Å². The minimum atomic E-state index is -0.00630. The molecule has 1 rings (SSSR count). The predicted molar refractivity (Wildman–Crippen MR) is 85.0 cm³/mol. The van der Waals surface area contributed by atoms with Crippen LogP contribution >= 0.6 is 0 Å². The van der Waals surface area contributed by atoms with E-state index in [0.717, 1.165) is 6.29 Å². The number of ether oxygens (including phenoxy) is 1. The third-order valence-corrected chi connectivity index (χ3v) is 1.90. The molecule has 0 heterocycles. The Labute approximate surface area is 126 Å². The monoisotopic (exact) mass is 287 g/mol. The molecule has 0 saturated carbocycles. The number of rotatable bonds is 4. The van der Waals surface area contributed by atoms with Crippen molar-refractivity contribution in [2.24, 2.45) is 0 Å². The summed E-state index contributed by atoms with van der Waals surface area (Å²) in [7, 11) is 1.51. The maximum absolute atomic E-state index is 10.1. The number of methoxy groups -OCH3 is 1. The van der Waals surface area contributed by atoms with Gasteiger partial charge in [0, 0.05) is 5.56 Å². The summed E-state index contributed by atoms with van der Waals surface area (Å²) in [6.45, 7) is 10.7. The first-order valence-electron chi connectivity index (χ1n) is 6.27. The SMILES string of the molecule is C=C(O)/C=C\C(=C)OC.CC.N#Cc1ccc(C=O)cc1. The van der Waals surface area contributed by atoms with E-state index in [9.17, 15) is 4.79 Å². The smallest absolute Gasteiger partial charge is 0.150 e. The van der Waals surface area contributed by atoms with Crippen molar-refractivity contribution in [3.05, 3.63) is 72.2 Å². The van der Waals surface area contributed by atoms with Crippen LogP contribution in [0.5, 0.6) is 0 Å². The van der Waals surface area contributed by atoms with E-state index in [1.165, 1.54) is 19.3 Å². The summed E-state index contributed by atoms with van der Waals surface area (Å²) in [5, 5.41) is 16.9. The second kappa shape index (κ2) is 13.6. The second-order valence-electron chi connectivity index (χ2n) is 3.35. The van der Waals surface area contributed by atoms with Crippen LogP contribution in [-0.2, 0) is 4.74 Å². The molecule has 0 spiro atoms. The first-order valence-corrected chi connectivity index (χ1v) is 6.27. The number of hydrogen-bond donors (Lipinski definition) is 1. The van der Waals surface area contributed by atoms with Crippen LogP contribution in [0.25, 0.3) is 0 Å². The predicted octanol–water partition coefficient (Wildman–Crippen LogP) is 4.17. The molecule has 21 heavy (non-hydrogen) atoms. The number of aldehydes is 1. The topological polar surface area (TPSA) is 70.3 Å². The lowest BCUT2D eigenvalue weighted by Crippen LogP contribution is -1.78. The third-order valence-electron chi connectivity index (χ3n) is 1.90. The Balaban J connectivity index is 0. The van der Waals surface area contributed by atoms with Gasteiger partial charge in [-0.2, -0.15) is 5.26 Å². The van der Waals surface area contributed by atoms with Crippen molar-refractivity contribution < 1.29 is 14.6 Å². The van der Waals surface area contributed by atoms with Gasteiger partial charge < -0.3 is 9.84 Å². The first kappa shape index (κ1) is 20.5. The van der Waals surface area contributed by atoms with Gasteiger partial charge in [-0.25, -0.2) is 0 Å². The molecule has 1 aromatic carbocycles. The van der Waals surface area contributed by atoms with E-state index < -0.39 is 0 Å². The van der Waals surface area contributed by atoms with E-state index in [4.69, 9.17) is 10.4 Å². The van der Waals surface area contributed by atoms with Crippen LogP contribution in [-0.4, -0.2) is 18.5 Å². The zero-order chi connectivity index (χ0) is 16.7. The maximum atomic E-state index is 10.1. The number of allylic oxidation sites excluding steroid dienone is 2. The summed E-state index contributed by atoms with van der Waals surface area (Å²) in [5.41, 5.74) is 1.17. The minimum absolute atomic E-state index is 0.00630. The zero-order valence-electron chi connectivity index (χ0n) is 12.7. The molecule has 0 amide bonds. The van der Waals surface area contributed by atoms with Crippen molar-refractivity contribution in [1.82, 2.24) is 0 Å². The Morgan fingerprint density at radius 1 is 1.24 bits per heavy atom. The van der Waals surface area contributed by atoms with Gasteiger partial charge in [0.15, 0.2) is 0 Å². The van der Waals surface area contributed by atoms with E-state index in [0.29, 0.717) is 16.9 Å². The molecule has 0 bridgehead atoms. The van der Waals surface area contributed by atoms with Gasteiger partial charge in [-0.1, -0.05) is 39.1 Å². The lowest BCUT2D eigenvalue weighted by atomic mass is 10.2. The molecule has 4 nitrogen and oxygen atoms in total. The third kappa shape index (κ3) is 12.0. The Bertz CT molecular complexity index is 508. The van der Waals surface area contributed by atoms with Gasteiger partial charge >= 0.3 is 0 Å². The molecule has 0 atom stereocenters. The van der Waals surface area contributed by atoms with Crippen molar-refractivity contribution >= 4 is 6.29 Å². The fraction of sp³-hybridized carbons (Fsp3) is 0.176. The van der Waals surface area contributed by atoms with Gasteiger partial charge in [0.05, 0.1) is 18.7 Å². The molecule has 0 radical (unpaired) electrons. The molecular weight excluding hydrogens is 266 g/mol. The second-order valence-corrected chi connectivity index (χ2v) is 3.35. The highest BCUT2D eigenvalue weighted by Gasteiger charge is 1.88. The van der Waals surface area contributed by atoms with Crippen LogP contribution in [0.1, 0.15) is 29.8 Å². The normalized spacial score (nSPS) is 8.29. The summed E-state index contributed by atoms with van der Waals surface area (Å²) < 4.78 is 4.67. The van der Waals surface area contributed by atoms with Crippen LogP contribution < -0.4 is 0 Å². The number of carbonyl (C=O) groups excluding carboxylic acids is 1. The number of aliphatic hydroxyl groups is 1. The number of nitrogens with zero attached hydrogens (tertiary/aromatic N) is 1. The van der Waals surface area contributed by atoms with Crippen LogP contribution in [0.3, 0.4) is 0 Å². The van der Waals surface area contributed by atoms with Gasteiger partial charge in [-0.05, 0) is 24.3 Å². The van der Waals surface area contributed by atoms with Crippen LogP contribution in [0.2, 0.25) is 0 Å². The van der Waals surface area contributed by atoms with Crippen molar-refractivity contribution in [3.63, 3.8) is 0 Å². The lowest BCUT2D eigenvalue weighted by molar-refractivity contribution is 0.112. The highest BCUT2D eigenvalue weighted by atomic mass is 16.5. The molecule has 0 fully saturated rings. The van der Waals surface area contributed by atoms with Crippen molar-refractivity contribution in [2.45, 2.75) is 13.8 Å². The standard InChI is InChI=1S/C8H5NO.C7H10O2.C2H6/c9-5-7-1-3-8(6-10)4-2-7;1-6(8)4-5-7(2)9-3;1-2/h1-4,6H;4-5,8H,1-2H2,3H3;1-2H3/b;5-4-;. The van der Waals surface area contributed by atoms with Crippen molar-refractivity contribution in [3.8, 4) is 6.07 Å². The first-order chi connectivity index (χ1) is 10.0. The Morgan fingerprint density at radius 3 is 2.10 bits per heavy atom. The molecule has 0 aromatic heterocycles. The molecule has 0 saturated heterocycles. The molecule has 0 aliphatic heterocycles. The quantitative estimate of drug-likeness (QED) is 0.512. The average molecular weight is 287 g/mol. The zero-order valence-corrected chi connectivity index (χ0v) is 12.7. The fourth-order valence-corrected chi connectivity index (χ4v) is 0.893. The fourth-order valence-electron chi connectivity index (χ4n) is 0.893. The van der Waals surface area contributed by atoms with E-state index in [-0.39, 0.29) is 5.76 Å². The number of carbonyl (C=O) groups is 1. The van der Waals surface area contributed by atoms with Gasteiger partial charge in [0.2, 0.25) is 0 Å². The Morgan fingerprint density at radius 2 is 1.76 bits per heavy atom. The number of aliphatic hydroxyl groups excluding tert-OH is 1. The van der Waals surface area contributed by atoms with Gasteiger partial charge in [-0.3, -0.25) is 4.79 Å². The molecule has 112 valence electrons. The van der Waals surface area contributed by atoms with Crippen LogP contribution in [0.15, 0.2) is 61.1 Å². The average Bonchev–Trinajstić information content (AvgIpc) is 2.55. The number of nitriles is 1. The summed E-state index contributed by atoms with van der Waals surface area (Å²) in [5.74, 6) is 0.485. The minimum Gasteiger partial charge on any atom is -0.509 e. The molecule has 1 N–H and O–H groups in total.